The number of rotatable bonds is 0. The Hall–Kier alpha value is -1.55. The first-order valence-electron chi connectivity index (χ1n) is 4.87. The molecule has 0 aliphatic rings. The van der Waals surface area contributed by atoms with Gasteiger partial charge in [-0.05, 0) is 44.2 Å². The van der Waals surface area contributed by atoms with E-state index in [1.165, 1.54) is 0 Å². The van der Waals surface area contributed by atoms with E-state index in [-0.39, 0.29) is 0 Å². The maximum atomic E-state index is 5.39. The Morgan fingerprint density at radius 2 is 1.50 bits per heavy atom. The van der Waals surface area contributed by atoms with Gasteiger partial charge in [0.05, 0.1) is 0 Å². The van der Waals surface area contributed by atoms with Crippen molar-refractivity contribution in [2.45, 2.75) is 18.7 Å². The molecule has 0 saturated carbocycles. The summed E-state index contributed by atoms with van der Waals surface area (Å²) in [5.41, 5.74) is 8.22. The van der Waals surface area contributed by atoms with Gasteiger partial charge in [0.1, 0.15) is 6.33 Å². The highest BCUT2D eigenvalue weighted by molar-refractivity contribution is 7.80. The van der Waals surface area contributed by atoms with Crippen LogP contribution in [0.3, 0.4) is 0 Å². The van der Waals surface area contributed by atoms with Gasteiger partial charge in [0.25, 0.3) is 0 Å². The number of aromatic nitrogens is 2. The predicted molar refractivity (Wildman–Crippen MR) is 69.6 cm³/mol. The molecule has 2 rings (SSSR count). The van der Waals surface area contributed by atoms with Crippen molar-refractivity contribution in [1.82, 2.24) is 9.97 Å². The topological polar surface area (TPSA) is 51.8 Å². The fraction of sp³-hybridized carbons (Fsp3) is 0.167. The van der Waals surface area contributed by atoms with Crippen molar-refractivity contribution in [3.05, 3.63) is 48.0 Å². The lowest BCUT2D eigenvalue weighted by Gasteiger charge is -1.89. The molecule has 0 unspecified atom stereocenters. The molecule has 84 valence electrons. The summed E-state index contributed by atoms with van der Waals surface area (Å²) in [5.74, 6) is 0. The number of hydrogen-bond donors (Lipinski definition) is 2. The molecule has 0 radical (unpaired) electrons. The van der Waals surface area contributed by atoms with Gasteiger partial charge in [0.2, 0.25) is 0 Å². The van der Waals surface area contributed by atoms with Crippen molar-refractivity contribution in [1.29, 1.82) is 0 Å². The molecule has 0 spiro atoms. The third kappa shape index (κ3) is 4.79. The van der Waals surface area contributed by atoms with Gasteiger partial charge in [-0.15, -0.1) is 12.6 Å². The Kier molecular flexibility index (Phi) is 4.79. The molecule has 3 nitrogen and oxygen atoms in total. The summed E-state index contributed by atoms with van der Waals surface area (Å²) in [6, 6.07) is 9.31. The summed E-state index contributed by atoms with van der Waals surface area (Å²) in [6.45, 7) is 3.91. The molecule has 1 heterocycles. The van der Waals surface area contributed by atoms with Crippen molar-refractivity contribution in [3.63, 3.8) is 0 Å². The van der Waals surface area contributed by atoms with Crippen LogP contribution in [0.25, 0.3) is 0 Å². The molecule has 0 aliphatic heterocycles. The number of thiol groups is 1. The molecule has 0 amide bonds. The van der Waals surface area contributed by atoms with Crippen LogP contribution >= 0.6 is 12.6 Å². The Morgan fingerprint density at radius 3 is 1.81 bits per heavy atom. The minimum Gasteiger partial charge on any atom is -0.399 e. The number of nitrogens with zero attached hydrogens (tertiary/aromatic N) is 2. The van der Waals surface area contributed by atoms with Crippen molar-refractivity contribution < 1.29 is 0 Å². The number of anilines is 1. The van der Waals surface area contributed by atoms with Gasteiger partial charge < -0.3 is 5.73 Å². The SMILES string of the molecule is Cc1cc(C)ncn1.Nc1ccc(S)cc1. The highest BCUT2D eigenvalue weighted by Crippen LogP contribution is 2.07. The molecule has 0 aliphatic carbocycles. The first-order valence-corrected chi connectivity index (χ1v) is 5.32. The van der Waals surface area contributed by atoms with Gasteiger partial charge in [-0.1, -0.05) is 0 Å². The second-order valence-electron chi connectivity index (χ2n) is 3.39. The first kappa shape index (κ1) is 12.5. The standard InChI is InChI=1S/C6H8N2.C6H7NS/c1-5-3-6(2)8-4-7-5;7-5-1-3-6(8)4-2-5/h3-4H,1-2H3;1-4,8H,7H2. The second-order valence-corrected chi connectivity index (χ2v) is 3.91. The molecule has 0 atom stereocenters. The van der Waals surface area contributed by atoms with Crippen molar-refractivity contribution >= 4 is 18.3 Å². The van der Waals surface area contributed by atoms with Crippen LogP contribution in [-0.4, -0.2) is 9.97 Å². The van der Waals surface area contributed by atoms with Crippen LogP contribution in [0.5, 0.6) is 0 Å². The van der Waals surface area contributed by atoms with Gasteiger partial charge in [0.15, 0.2) is 0 Å². The fourth-order valence-electron chi connectivity index (χ4n) is 1.06. The molecular weight excluding hydrogens is 218 g/mol. The zero-order valence-corrected chi connectivity index (χ0v) is 10.3. The van der Waals surface area contributed by atoms with E-state index >= 15 is 0 Å². The Balaban J connectivity index is 0.000000160. The van der Waals surface area contributed by atoms with E-state index in [0.717, 1.165) is 22.0 Å². The summed E-state index contributed by atoms with van der Waals surface area (Å²) >= 11 is 4.08. The lowest BCUT2D eigenvalue weighted by molar-refractivity contribution is 1.05. The molecular formula is C12H15N3S. The smallest absolute Gasteiger partial charge is 0.115 e. The quantitative estimate of drug-likeness (QED) is 0.543. The average molecular weight is 233 g/mol. The summed E-state index contributed by atoms with van der Waals surface area (Å²) in [7, 11) is 0. The summed E-state index contributed by atoms with van der Waals surface area (Å²) in [5, 5.41) is 0. The Morgan fingerprint density at radius 1 is 1.00 bits per heavy atom. The van der Waals surface area contributed by atoms with E-state index in [1.54, 1.807) is 6.33 Å². The molecule has 16 heavy (non-hydrogen) atoms. The molecule has 0 saturated heterocycles. The molecule has 2 N–H and O–H groups in total. The van der Waals surface area contributed by atoms with E-state index in [1.807, 2.05) is 44.2 Å². The zero-order chi connectivity index (χ0) is 12.0. The van der Waals surface area contributed by atoms with Gasteiger partial charge in [-0.2, -0.15) is 0 Å². The maximum Gasteiger partial charge on any atom is 0.115 e. The van der Waals surface area contributed by atoms with E-state index in [4.69, 9.17) is 5.73 Å². The van der Waals surface area contributed by atoms with Crippen LogP contribution < -0.4 is 5.73 Å². The number of aryl methyl sites for hydroxylation is 2. The first-order chi connectivity index (χ1) is 7.58. The van der Waals surface area contributed by atoms with Gasteiger partial charge in [0, 0.05) is 22.0 Å². The van der Waals surface area contributed by atoms with Crippen molar-refractivity contribution in [2.24, 2.45) is 0 Å². The van der Waals surface area contributed by atoms with Crippen LogP contribution in [0.2, 0.25) is 0 Å². The van der Waals surface area contributed by atoms with Crippen LogP contribution in [0.1, 0.15) is 11.4 Å². The van der Waals surface area contributed by atoms with Crippen LogP contribution in [0.15, 0.2) is 41.6 Å². The minimum absolute atomic E-state index is 0.780. The second kappa shape index (κ2) is 6.12. The molecule has 1 aromatic heterocycles. The largest absolute Gasteiger partial charge is 0.399 e. The monoisotopic (exact) mass is 233 g/mol. The lowest BCUT2D eigenvalue weighted by Crippen LogP contribution is -1.84. The summed E-state index contributed by atoms with van der Waals surface area (Å²) < 4.78 is 0. The van der Waals surface area contributed by atoms with Crippen molar-refractivity contribution in [2.75, 3.05) is 5.73 Å². The summed E-state index contributed by atoms with van der Waals surface area (Å²) in [4.78, 5) is 8.80. The highest BCUT2D eigenvalue weighted by Gasteiger charge is 1.83. The third-order valence-corrected chi connectivity index (χ3v) is 2.13. The maximum absolute atomic E-state index is 5.39. The van der Waals surface area contributed by atoms with Crippen LogP contribution in [0, 0.1) is 13.8 Å². The molecule has 0 fully saturated rings. The number of nitrogen functional groups attached to an aromatic ring is 1. The van der Waals surface area contributed by atoms with Gasteiger partial charge in [-0.25, -0.2) is 9.97 Å². The van der Waals surface area contributed by atoms with Crippen LogP contribution in [0.4, 0.5) is 5.69 Å². The molecule has 1 aromatic carbocycles. The molecule has 4 heteroatoms. The van der Waals surface area contributed by atoms with E-state index in [2.05, 4.69) is 22.6 Å². The predicted octanol–water partition coefficient (Wildman–Crippen LogP) is 2.65. The third-order valence-electron chi connectivity index (χ3n) is 1.83. The van der Waals surface area contributed by atoms with Gasteiger partial charge >= 0.3 is 0 Å². The van der Waals surface area contributed by atoms with E-state index < -0.39 is 0 Å². The molecule has 2 aromatic rings. The minimum atomic E-state index is 0.780. The Bertz CT molecular complexity index is 402. The van der Waals surface area contributed by atoms with Gasteiger partial charge in [-0.3, -0.25) is 0 Å². The van der Waals surface area contributed by atoms with E-state index in [0.29, 0.717) is 0 Å². The average Bonchev–Trinajstić information content (AvgIpc) is 2.23. The Labute approximate surface area is 101 Å². The highest BCUT2D eigenvalue weighted by atomic mass is 32.1. The van der Waals surface area contributed by atoms with Crippen molar-refractivity contribution in [3.8, 4) is 0 Å². The lowest BCUT2D eigenvalue weighted by atomic mass is 10.3. The molecule has 0 bridgehead atoms. The number of nitrogens with two attached hydrogens (primary N) is 1. The fourth-order valence-corrected chi connectivity index (χ4v) is 1.21. The summed E-state index contributed by atoms with van der Waals surface area (Å²) in [6.07, 6.45) is 1.57. The normalized spacial score (nSPS) is 9.19. The number of benzene rings is 1. The zero-order valence-electron chi connectivity index (χ0n) is 9.38. The van der Waals surface area contributed by atoms with Crippen LogP contribution in [-0.2, 0) is 0 Å². The number of hydrogen-bond acceptors (Lipinski definition) is 4. The van der Waals surface area contributed by atoms with E-state index in [9.17, 15) is 0 Å².